The van der Waals surface area contributed by atoms with Gasteiger partial charge < -0.3 is 10.2 Å². The van der Waals surface area contributed by atoms with Gasteiger partial charge in [-0.25, -0.2) is 0 Å². The lowest BCUT2D eigenvalue weighted by Crippen LogP contribution is -2.43. The van der Waals surface area contributed by atoms with Gasteiger partial charge in [0.05, 0.1) is 0 Å². The Labute approximate surface area is 120 Å². The Hall–Kier alpha value is 0.0700. The molecular weight excluding hydrogens is 268 g/mol. The first-order valence-electron chi connectivity index (χ1n) is 6.68. The Morgan fingerprint density at radius 3 is 2.61 bits per heavy atom. The van der Waals surface area contributed by atoms with Gasteiger partial charge in [-0.2, -0.15) is 11.8 Å². The van der Waals surface area contributed by atoms with E-state index >= 15 is 0 Å². The monoisotopic (exact) mass is 290 g/mol. The number of likely N-dealkylation sites (tertiary alicyclic amines) is 1. The summed E-state index contributed by atoms with van der Waals surface area (Å²) in [6, 6.07) is 0.409. The fourth-order valence-electron chi connectivity index (χ4n) is 3.43. The van der Waals surface area contributed by atoms with E-state index in [2.05, 4.69) is 24.1 Å². The van der Waals surface area contributed by atoms with Crippen LogP contribution in [0.15, 0.2) is 0 Å². The Kier molecular flexibility index (Phi) is 4.20. The molecule has 0 aromatic rings. The van der Waals surface area contributed by atoms with E-state index in [0.29, 0.717) is 23.8 Å². The number of piperidine rings is 1. The maximum absolute atomic E-state index is 12.2. The number of nitrogens with zero attached hydrogens (tertiary/aromatic N) is 1. The number of fused-ring (bicyclic) bond motifs is 1. The van der Waals surface area contributed by atoms with Gasteiger partial charge in [0.1, 0.15) is 0 Å². The first-order chi connectivity index (χ1) is 8.09. The quantitative estimate of drug-likeness (QED) is 0.839. The molecule has 3 atom stereocenters. The molecule has 2 saturated heterocycles. The average Bonchev–Trinajstić information content (AvgIpc) is 2.70. The number of halogens is 1. The molecule has 0 radical (unpaired) electrons. The zero-order chi connectivity index (χ0) is 12.0. The number of hydrogen-bond acceptors (Lipinski definition) is 3. The van der Waals surface area contributed by atoms with E-state index in [1.165, 1.54) is 5.75 Å². The third-order valence-corrected chi connectivity index (χ3v) is 6.03. The van der Waals surface area contributed by atoms with E-state index in [4.69, 9.17) is 0 Å². The Morgan fingerprint density at radius 2 is 2.06 bits per heavy atom. The van der Waals surface area contributed by atoms with Crippen molar-refractivity contribution in [2.24, 2.45) is 17.3 Å². The lowest BCUT2D eigenvalue weighted by molar-refractivity contribution is -0.131. The highest BCUT2D eigenvalue weighted by molar-refractivity contribution is 7.99. The maximum atomic E-state index is 12.2. The van der Waals surface area contributed by atoms with E-state index in [1.807, 2.05) is 11.8 Å². The summed E-state index contributed by atoms with van der Waals surface area (Å²) in [5.74, 6) is 4.21. The standard InChI is InChI=1S/C13H22N2OS.ClH/c1-13(2)10-6-15(7-11(10)13)12(16)5-9-8-17-4-3-14-9;/h9-11,14H,3-8H2,1-2H3;1H. The summed E-state index contributed by atoms with van der Waals surface area (Å²) < 4.78 is 0. The fourth-order valence-corrected chi connectivity index (χ4v) is 4.38. The van der Waals surface area contributed by atoms with Gasteiger partial charge >= 0.3 is 0 Å². The number of nitrogens with one attached hydrogen (secondary N) is 1. The molecule has 3 aliphatic rings. The summed E-state index contributed by atoms with van der Waals surface area (Å²) in [6.07, 6.45) is 0.701. The second kappa shape index (κ2) is 5.22. The first-order valence-corrected chi connectivity index (χ1v) is 7.83. The molecule has 5 heteroatoms. The third-order valence-electron chi connectivity index (χ3n) is 4.89. The number of rotatable bonds is 2. The van der Waals surface area contributed by atoms with Crippen LogP contribution in [0.5, 0.6) is 0 Å². The van der Waals surface area contributed by atoms with Gasteiger partial charge in [-0.3, -0.25) is 4.79 Å². The smallest absolute Gasteiger partial charge is 0.224 e. The minimum absolute atomic E-state index is 0. The van der Waals surface area contributed by atoms with Crippen LogP contribution < -0.4 is 5.32 Å². The van der Waals surface area contributed by atoms with Crippen LogP contribution in [0, 0.1) is 17.3 Å². The van der Waals surface area contributed by atoms with Crippen molar-refractivity contribution < 1.29 is 4.79 Å². The molecule has 3 unspecified atom stereocenters. The Bertz CT molecular complexity index is 317. The van der Waals surface area contributed by atoms with Crippen molar-refractivity contribution in [3.05, 3.63) is 0 Å². The second-order valence-corrected chi connectivity index (χ2v) is 7.41. The van der Waals surface area contributed by atoms with Crippen molar-refractivity contribution in [3.63, 3.8) is 0 Å². The van der Waals surface area contributed by atoms with Gasteiger partial charge in [-0.05, 0) is 17.3 Å². The van der Waals surface area contributed by atoms with Crippen LogP contribution >= 0.6 is 24.2 Å². The Morgan fingerprint density at radius 1 is 1.39 bits per heavy atom. The molecule has 0 aromatic carbocycles. The molecule has 1 amide bonds. The zero-order valence-corrected chi connectivity index (χ0v) is 12.8. The van der Waals surface area contributed by atoms with Gasteiger partial charge in [0.25, 0.3) is 0 Å². The number of thioether (sulfide) groups is 1. The van der Waals surface area contributed by atoms with Crippen LogP contribution in [0.25, 0.3) is 0 Å². The van der Waals surface area contributed by atoms with Gasteiger partial charge in [0, 0.05) is 43.6 Å². The van der Waals surface area contributed by atoms with Gasteiger partial charge in [0.2, 0.25) is 5.91 Å². The van der Waals surface area contributed by atoms with Crippen molar-refractivity contribution in [2.45, 2.75) is 26.3 Å². The predicted molar refractivity (Wildman–Crippen MR) is 78.3 cm³/mol. The van der Waals surface area contributed by atoms with Crippen LogP contribution in [-0.2, 0) is 4.79 Å². The molecule has 104 valence electrons. The molecule has 3 rings (SSSR count). The molecular formula is C13H23ClN2OS. The molecule has 1 N–H and O–H groups in total. The highest BCUT2D eigenvalue weighted by Gasteiger charge is 2.62. The third kappa shape index (κ3) is 2.52. The van der Waals surface area contributed by atoms with Crippen LogP contribution in [0.3, 0.4) is 0 Å². The zero-order valence-electron chi connectivity index (χ0n) is 11.1. The highest BCUT2D eigenvalue weighted by Crippen LogP contribution is 2.61. The van der Waals surface area contributed by atoms with E-state index in [1.54, 1.807) is 0 Å². The van der Waals surface area contributed by atoms with Crippen molar-refractivity contribution in [2.75, 3.05) is 31.1 Å². The number of hydrogen-bond donors (Lipinski definition) is 1. The lowest BCUT2D eigenvalue weighted by Gasteiger charge is -2.27. The second-order valence-electron chi connectivity index (χ2n) is 6.26. The summed E-state index contributed by atoms with van der Waals surface area (Å²) in [4.78, 5) is 14.3. The van der Waals surface area contributed by atoms with Gasteiger partial charge in [-0.15, -0.1) is 12.4 Å². The minimum atomic E-state index is 0. The first kappa shape index (κ1) is 14.5. The van der Waals surface area contributed by atoms with Crippen LogP contribution in [0.4, 0.5) is 0 Å². The molecule has 0 bridgehead atoms. The molecule has 1 saturated carbocycles. The van der Waals surface area contributed by atoms with E-state index in [9.17, 15) is 4.79 Å². The van der Waals surface area contributed by atoms with Gasteiger partial charge in [-0.1, -0.05) is 13.8 Å². The normalized spacial score (nSPS) is 36.8. The molecule has 0 spiro atoms. The molecule has 3 fully saturated rings. The minimum Gasteiger partial charge on any atom is -0.342 e. The molecule has 1 aliphatic carbocycles. The molecule has 2 aliphatic heterocycles. The summed E-state index contributed by atoms with van der Waals surface area (Å²) in [7, 11) is 0. The van der Waals surface area contributed by atoms with Crippen LogP contribution in [0.1, 0.15) is 20.3 Å². The summed E-state index contributed by atoms with van der Waals surface area (Å²) >= 11 is 1.96. The predicted octanol–water partition coefficient (Wildman–Crippen LogP) is 1.62. The van der Waals surface area contributed by atoms with Crippen molar-refractivity contribution >= 4 is 30.1 Å². The topological polar surface area (TPSA) is 32.3 Å². The number of carbonyl (C=O) groups is 1. The van der Waals surface area contributed by atoms with Crippen LogP contribution in [0.2, 0.25) is 0 Å². The fraction of sp³-hybridized carbons (Fsp3) is 0.923. The van der Waals surface area contributed by atoms with Crippen molar-refractivity contribution in [3.8, 4) is 0 Å². The van der Waals surface area contributed by atoms with E-state index in [-0.39, 0.29) is 12.4 Å². The molecule has 2 heterocycles. The molecule has 0 aromatic heterocycles. The molecule has 18 heavy (non-hydrogen) atoms. The average molecular weight is 291 g/mol. The largest absolute Gasteiger partial charge is 0.342 e. The van der Waals surface area contributed by atoms with Crippen LogP contribution in [-0.4, -0.2) is 48.0 Å². The van der Waals surface area contributed by atoms with E-state index in [0.717, 1.165) is 37.2 Å². The summed E-state index contributed by atoms with van der Waals surface area (Å²) in [5.41, 5.74) is 0.510. The van der Waals surface area contributed by atoms with Crippen molar-refractivity contribution in [1.82, 2.24) is 10.2 Å². The number of amides is 1. The summed E-state index contributed by atoms with van der Waals surface area (Å²) in [5, 5.41) is 3.44. The van der Waals surface area contributed by atoms with Crippen molar-refractivity contribution in [1.29, 1.82) is 0 Å². The van der Waals surface area contributed by atoms with Gasteiger partial charge in [0.15, 0.2) is 0 Å². The number of carbonyl (C=O) groups excluding carboxylic acids is 1. The lowest BCUT2D eigenvalue weighted by atomic mass is 10.1. The highest BCUT2D eigenvalue weighted by atomic mass is 35.5. The van der Waals surface area contributed by atoms with E-state index < -0.39 is 0 Å². The molecule has 3 nitrogen and oxygen atoms in total. The maximum Gasteiger partial charge on any atom is 0.224 e. The summed E-state index contributed by atoms with van der Waals surface area (Å²) in [6.45, 7) is 7.75. The SMILES string of the molecule is CC1(C)C2CN(C(=O)CC3CSCCN3)CC21.Cl. The Balaban J connectivity index is 0.00000120.